The van der Waals surface area contributed by atoms with Crippen molar-refractivity contribution < 1.29 is 9.53 Å². The minimum Gasteiger partial charge on any atom is -0.466 e. The van der Waals surface area contributed by atoms with Gasteiger partial charge in [-0.25, -0.2) is 4.98 Å². The van der Waals surface area contributed by atoms with Crippen molar-refractivity contribution in [3.8, 4) is 0 Å². The molecule has 1 heterocycles. The van der Waals surface area contributed by atoms with Gasteiger partial charge < -0.3 is 9.30 Å². The van der Waals surface area contributed by atoms with Crippen LogP contribution in [-0.2, 0) is 16.1 Å². The second-order valence-corrected chi connectivity index (χ2v) is 6.39. The SMILES string of the molecule is CCOC(=O)CCCSc1nc(C)c(C)n1CC(C)C. The van der Waals surface area contributed by atoms with Crippen LogP contribution < -0.4 is 0 Å². The topological polar surface area (TPSA) is 44.1 Å². The molecule has 0 spiro atoms. The number of ether oxygens (including phenoxy) is 1. The Morgan fingerprint density at radius 1 is 1.40 bits per heavy atom. The molecule has 0 fully saturated rings. The molecule has 5 heteroatoms. The summed E-state index contributed by atoms with van der Waals surface area (Å²) in [6, 6.07) is 0. The number of aromatic nitrogens is 2. The van der Waals surface area contributed by atoms with Crippen molar-refractivity contribution in [2.75, 3.05) is 12.4 Å². The van der Waals surface area contributed by atoms with Crippen molar-refractivity contribution in [1.82, 2.24) is 9.55 Å². The van der Waals surface area contributed by atoms with E-state index in [1.165, 1.54) is 5.69 Å². The Kier molecular flexibility index (Phi) is 7.13. The molecule has 0 atom stereocenters. The molecule has 1 aromatic heterocycles. The molecule has 114 valence electrons. The van der Waals surface area contributed by atoms with E-state index in [1.54, 1.807) is 11.8 Å². The molecule has 4 nitrogen and oxygen atoms in total. The van der Waals surface area contributed by atoms with Crippen molar-refractivity contribution >= 4 is 17.7 Å². The molecule has 0 aliphatic carbocycles. The molecule has 0 unspecified atom stereocenters. The summed E-state index contributed by atoms with van der Waals surface area (Å²) in [6.07, 6.45) is 1.32. The van der Waals surface area contributed by atoms with Gasteiger partial charge in [0.1, 0.15) is 0 Å². The van der Waals surface area contributed by atoms with E-state index in [4.69, 9.17) is 4.74 Å². The largest absolute Gasteiger partial charge is 0.466 e. The van der Waals surface area contributed by atoms with Gasteiger partial charge in [-0.3, -0.25) is 4.79 Å². The molecule has 1 rings (SSSR count). The molecule has 20 heavy (non-hydrogen) atoms. The van der Waals surface area contributed by atoms with Gasteiger partial charge in [-0.15, -0.1) is 0 Å². The molecule has 0 aromatic carbocycles. The molecular formula is C15H26N2O2S. The van der Waals surface area contributed by atoms with Gasteiger partial charge in [0, 0.05) is 24.4 Å². The average Bonchev–Trinajstić information content (AvgIpc) is 2.62. The number of esters is 1. The summed E-state index contributed by atoms with van der Waals surface area (Å²) in [4.78, 5) is 15.9. The number of thioether (sulfide) groups is 1. The van der Waals surface area contributed by atoms with E-state index >= 15 is 0 Å². The van der Waals surface area contributed by atoms with Crippen molar-refractivity contribution in [1.29, 1.82) is 0 Å². The minimum absolute atomic E-state index is 0.106. The number of imidazole rings is 1. The Labute approximate surface area is 126 Å². The lowest BCUT2D eigenvalue weighted by molar-refractivity contribution is -0.143. The van der Waals surface area contributed by atoms with E-state index < -0.39 is 0 Å². The highest BCUT2D eigenvalue weighted by Gasteiger charge is 2.12. The van der Waals surface area contributed by atoms with Gasteiger partial charge in [-0.05, 0) is 33.1 Å². The summed E-state index contributed by atoms with van der Waals surface area (Å²) in [7, 11) is 0. The first-order valence-corrected chi connectivity index (χ1v) is 8.26. The number of nitrogens with zero attached hydrogens (tertiary/aromatic N) is 2. The third-order valence-electron chi connectivity index (χ3n) is 3.03. The van der Waals surface area contributed by atoms with Crippen LogP contribution in [0.5, 0.6) is 0 Å². The predicted octanol–water partition coefficient (Wildman–Crippen LogP) is 3.59. The fourth-order valence-corrected chi connectivity index (χ4v) is 2.97. The van der Waals surface area contributed by atoms with Crippen molar-refractivity contribution in [2.24, 2.45) is 5.92 Å². The maximum absolute atomic E-state index is 11.3. The van der Waals surface area contributed by atoms with Crippen molar-refractivity contribution in [3.63, 3.8) is 0 Å². The maximum Gasteiger partial charge on any atom is 0.305 e. The Bertz CT molecular complexity index is 441. The third-order valence-corrected chi connectivity index (χ3v) is 4.09. The number of aryl methyl sites for hydroxylation is 1. The monoisotopic (exact) mass is 298 g/mol. The Morgan fingerprint density at radius 3 is 2.70 bits per heavy atom. The lowest BCUT2D eigenvalue weighted by atomic mass is 10.2. The number of carbonyl (C=O) groups is 1. The van der Waals surface area contributed by atoms with Crippen LogP contribution in [0.2, 0.25) is 0 Å². The van der Waals surface area contributed by atoms with Crippen LogP contribution in [0.3, 0.4) is 0 Å². The van der Waals surface area contributed by atoms with Crippen LogP contribution in [0.4, 0.5) is 0 Å². The first-order valence-electron chi connectivity index (χ1n) is 7.27. The Balaban J connectivity index is 2.51. The van der Waals surface area contributed by atoms with Crippen LogP contribution in [0, 0.1) is 19.8 Å². The molecule has 0 aliphatic heterocycles. The molecule has 0 amide bonds. The summed E-state index contributed by atoms with van der Waals surface area (Å²) in [5, 5.41) is 1.07. The summed E-state index contributed by atoms with van der Waals surface area (Å²) < 4.78 is 7.21. The van der Waals surface area contributed by atoms with Gasteiger partial charge in [-0.1, -0.05) is 25.6 Å². The molecule has 0 saturated carbocycles. The van der Waals surface area contributed by atoms with E-state index in [2.05, 4.69) is 37.2 Å². The van der Waals surface area contributed by atoms with E-state index in [-0.39, 0.29) is 5.97 Å². The fourth-order valence-electron chi connectivity index (χ4n) is 1.93. The maximum atomic E-state index is 11.3. The van der Waals surface area contributed by atoms with Crippen LogP contribution in [0.25, 0.3) is 0 Å². The highest BCUT2D eigenvalue weighted by atomic mass is 32.2. The second kappa shape index (κ2) is 8.35. The number of rotatable bonds is 8. The lowest BCUT2D eigenvalue weighted by Crippen LogP contribution is -2.08. The number of hydrogen-bond donors (Lipinski definition) is 0. The van der Waals surface area contributed by atoms with Gasteiger partial charge in [0.2, 0.25) is 0 Å². The summed E-state index contributed by atoms with van der Waals surface area (Å²) >= 11 is 1.73. The predicted molar refractivity (Wildman–Crippen MR) is 83.1 cm³/mol. The van der Waals surface area contributed by atoms with Gasteiger partial charge in [-0.2, -0.15) is 0 Å². The average molecular weight is 298 g/mol. The fraction of sp³-hybridized carbons (Fsp3) is 0.733. The highest BCUT2D eigenvalue weighted by molar-refractivity contribution is 7.99. The zero-order valence-corrected chi connectivity index (χ0v) is 14.0. The normalized spacial score (nSPS) is 11.1. The quantitative estimate of drug-likeness (QED) is 0.418. The molecule has 0 N–H and O–H groups in total. The zero-order chi connectivity index (χ0) is 15.1. The van der Waals surface area contributed by atoms with Gasteiger partial charge >= 0.3 is 5.97 Å². The van der Waals surface area contributed by atoms with Crippen LogP contribution >= 0.6 is 11.8 Å². The molecule has 0 radical (unpaired) electrons. The lowest BCUT2D eigenvalue weighted by Gasteiger charge is -2.12. The Hall–Kier alpha value is -0.970. The molecule has 1 aromatic rings. The van der Waals surface area contributed by atoms with Gasteiger partial charge in [0.05, 0.1) is 12.3 Å². The van der Waals surface area contributed by atoms with Crippen LogP contribution in [0.1, 0.15) is 45.0 Å². The highest BCUT2D eigenvalue weighted by Crippen LogP contribution is 2.23. The van der Waals surface area contributed by atoms with E-state index in [0.29, 0.717) is 18.9 Å². The zero-order valence-electron chi connectivity index (χ0n) is 13.2. The van der Waals surface area contributed by atoms with E-state index in [1.807, 2.05) is 6.92 Å². The van der Waals surface area contributed by atoms with Crippen LogP contribution in [0.15, 0.2) is 5.16 Å². The molecule has 0 saturated heterocycles. The van der Waals surface area contributed by atoms with Crippen LogP contribution in [-0.4, -0.2) is 27.9 Å². The van der Waals surface area contributed by atoms with Gasteiger partial charge in [0.15, 0.2) is 5.16 Å². The first-order chi connectivity index (χ1) is 9.45. The summed E-state index contributed by atoms with van der Waals surface area (Å²) in [6.45, 7) is 11.9. The first kappa shape index (κ1) is 17.1. The minimum atomic E-state index is -0.106. The number of hydrogen-bond acceptors (Lipinski definition) is 4. The number of carbonyl (C=O) groups excluding carboxylic acids is 1. The van der Waals surface area contributed by atoms with Gasteiger partial charge in [0.25, 0.3) is 0 Å². The molecule has 0 aliphatic rings. The second-order valence-electron chi connectivity index (χ2n) is 5.33. The smallest absolute Gasteiger partial charge is 0.305 e. The molecule has 0 bridgehead atoms. The summed E-state index contributed by atoms with van der Waals surface area (Å²) in [5.74, 6) is 1.39. The van der Waals surface area contributed by atoms with Crippen molar-refractivity contribution in [2.45, 2.75) is 59.2 Å². The molecular weight excluding hydrogens is 272 g/mol. The Morgan fingerprint density at radius 2 is 2.10 bits per heavy atom. The van der Waals surface area contributed by atoms with E-state index in [0.717, 1.165) is 29.6 Å². The van der Waals surface area contributed by atoms with E-state index in [9.17, 15) is 4.79 Å². The standard InChI is InChI=1S/C15H26N2O2S/c1-6-19-14(18)8-7-9-20-15-16-12(4)13(5)17(15)10-11(2)3/h11H,6-10H2,1-5H3. The van der Waals surface area contributed by atoms with Crippen molar-refractivity contribution in [3.05, 3.63) is 11.4 Å². The third kappa shape index (κ3) is 5.19. The summed E-state index contributed by atoms with van der Waals surface area (Å²) in [5.41, 5.74) is 2.34.